The average molecular weight is 487 g/mol. The molecule has 0 spiro atoms. The molecule has 0 saturated heterocycles. The van der Waals surface area contributed by atoms with Crippen molar-refractivity contribution in [3.05, 3.63) is 42.6 Å². The van der Waals surface area contributed by atoms with Gasteiger partial charge in [0.25, 0.3) is 5.91 Å². The van der Waals surface area contributed by atoms with E-state index < -0.39 is 0 Å². The van der Waals surface area contributed by atoms with Crippen molar-refractivity contribution in [1.29, 1.82) is 0 Å². The Bertz CT molecular complexity index is 845. The van der Waals surface area contributed by atoms with Gasteiger partial charge in [-0.25, -0.2) is 0 Å². The molecule has 2 aliphatic rings. The fourth-order valence-electron chi connectivity index (χ4n) is 3.35. The summed E-state index contributed by atoms with van der Waals surface area (Å²) in [4.78, 5) is 16.4. The van der Waals surface area contributed by atoms with Crippen molar-refractivity contribution in [2.75, 3.05) is 26.0 Å². The molecule has 5 nitrogen and oxygen atoms in total. The van der Waals surface area contributed by atoms with Crippen molar-refractivity contribution < 1.29 is 9.53 Å². The Balaban J connectivity index is 1.69. The fourth-order valence-corrected chi connectivity index (χ4v) is 6.25. The quantitative estimate of drug-likeness (QED) is 0.670. The van der Waals surface area contributed by atoms with E-state index in [0.717, 1.165) is 50.3 Å². The van der Waals surface area contributed by atoms with Crippen molar-refractivity contribution in [3.8, 4) is 5.75 Å². The molecule has 0 saturated carbocycles. The number of fused-ring (bicyclic) bond motifs is 3. The van der Waals surface area contributed by atoms with Crippen LogP contribution in [-0.2, 0) is 13.0 Å². The number of likely N-dealkylation sites (N-methyl/N-ethyl adjacent to an activating group) is 1. The monoisotopic (exact) mass is 485 g/mol. The van der Waals surface area contributed by atoms with Crippen molar-refractivity contribution in [2.24, 2.45) is 0 Å². The first-order valence-corrected chi connectivity index (χ1v) is 10.3. The third kappa shape index (κ3) is 2.99. The number of hydrogen-bond donors (Lipinski definition) is 2. The van der Waals surface area contributed by atoms with Crippen LogP contribution in [0.15, 0.2) is 21.1 Å². The van der Waals surface area contributed by atoms with E-state index in [-0.39, 0.29) is 12.1 Å². The molecule has 0 fully saturated rings. The zero-order valence-corrected chi connectivity index (χ0v) is 17.8. The van der Waals surface area contributed by atoms with E-state index in [1.54, 1.807) is 18.4 Å². The number of halogens is 2. The second-order valence-corrected chi connectivity index (χ2v) is 9.08. The molecule has 1 amide bonds. The van der Waals surface area contributed by atoms with Crippen LogP contribution in [0.1, 0.15) is 32.5 Å². The minimum absolute atomic E-state index is 0.00358. The number of rotatable bonds is 2. The molecule has 2 aromatic rings. The van der Waals surface area contributed by atoms with Crippen LogP contribution in [0, 0.1) is 0 Å². The molecule has 1 aromatic heterocycles. The Hall–Kier alpha value is -1.09. The van der Waals surface area contributed by atoms with Crippen LogP contribution in [0.3, 0.4) is 0 Å². The molecule has 8 heteroatoms. The smallest absolute Gasteiger partial charge is 0.256 e. The van der Waals surface area contributed by atoms with Crippen molar-refractivity contribution in [1.82, 2.24) is 10.2 Å². The zero-order chi connectivity index (χ0) is 17.7. The number of nitrogens with zero attached hydrogens (tertiary/aromatic N) is 1. The third-order valence-corrected chi connectivity index (χ3v) is 6.91. The molecule has 2 aliphatic heterocycles. The molecule has 4 rings (SSSR count). The number of carbonyl (C=O) groups excluding carboxylic acids is 1. The average Bonchev–Trinajstić information content (AvgIpc) is 2.92. The lowest BCUT2D eigenvalue weighted by Gasteiger charge is -2.28. The molecule has 1 unspecified atom stereocenters. The summed E-state index contributed by atoms with van der Waals surface area (Å²) in [5, 5.41) is 7.55. The maximum atomic E-state index is 12.8. The van der Waals surface area contributed by atoms with E-state index in [4.69, 9.17) is 4.74 Å². The van der Waals surface area contributed by atoms with Gasteiger partial charge in [0, 0.05) is 18.0 Å². The topological polar surface area (TPSA) is 53.6 Å². The van der Waals surface area contributed by atoms with Gasteiger partial charge in [0.05, 0.1) is 21.6 Å². The van der Waals surface area contributed by atoms with Gasteiger partial charge in [-0.3, -0.25) is 4.79 Å². The lowest BCUT2D eigenvalue weighted by Crippen LogP contribution is -2.38. The third-order valence-electron chi connectivity index (χ3n) is 4.58. The normalized spacial score (nSPS) is 19.7. The van der Waals surface area contributed by atoms with Gasteiger partial charge in [-0.2, -0.15) is 0 Å². The standard InChI is InChI=1S/C17H17Br2N3O2S/c1-22-4-3-9-12(7-22)25-17-13(9)16(23)20-15(21-17)8-5-10(18)14(24-2)11(19)6-8/h5-6,15,21H,3-4,7H2,1-2H3,(H,20,23). The van der Waals surface area contributed by atoms with Gasteiger partial charge in [-0.15, -0.1) is 11.3 Å². The molecule has 0 radical (unpaired) electrons. The second-order valence-electron chi connectivity index (χ2n) is 6.26. The first-order chi connectivity index (χ1) is 12.0. The number of amides is 1. The summed E-state index contributed by atoms with van der Waals surface area (Å²) < 4.78 is 7.04. The number of nitrogens with one attached hydrogen (secondary N) is 2. The van der Waals surface area contributed by atoms with Crippen molar-refractivity contribution in [3.63, 3.8) is 0 Å². The summed E-state index contributed by atoms with van der Waals surface area (Å²) in [7, 11) is 3.75. The molecule has 132 valence electrons. The molecule has 1 atom stereocenters. The number of carbonyl (C=O) groups is 1. The van der Waals surface area contributed by atoms with Gasteiger partial charge < -0.3 is 20.3 Å². The van der Waals surface area contributed by atoms with E-state index in [2.05, 4.69) is 54.4 Å². The van der Waals surface area contributed by atoms with Gasteiger partial charge in [-0.05, 0) is 68.6 Å². The Morgan fingerprint density at radius 3 is 2.68 bits per heavy atom. The molecule has 0 aliphatic carbocycles. The number of ether oxygens (including phenoxy) is 1. The number of hydrogen-bond acceptors (Lipinski definition) is 5. The SMILES string of the molecule is COc1c(Br)cc(C2NC(=O)c3c(sc4c3CCN(C)C4)N2)cc1Br. The maximum absolute atomic E-state index is 12.8. The highest BCUT2D eigenvalue weighted by Gasteiger charge is 2.33. The molecule has 25 heavy (non-hydrogen) atoms. The van der Waals surface area contributed by atoms with E-state index in [1.807, 2.05) is 12.1 Å². The first kappa shape index (κ1) is 17.3. The van der Waals surface area contributed by atoms with Crippen LogP contribution in [0.5, 0.6) is 5.75 Å². The largest absolute Gasteiger partial charge is 0.494 e. The van der Waals surface area contributed by atoms with Crippen LogP contribution in [0.25, 0.3) is 0 Å². The predicted molar refractivity (Wildman–Crippen MR) is 107 cm³/mol. The number of thiophene rings is 1. The molecule has 0 bridgehead atoms. The van der Waals surface area contributed by atoms with Crippen LogP contribution in [0.2, 0.25) is 0 Å². The molecule has 3 heterocycles. The lowest BCUT2D eigenvalue weighted by molar-refractivity contribution is 0.0935. The van der Waals surface area contributed by atoms with Gasteiger partial charge in [0.2, 0.25) is 0 Å². The number of anilines is 1. The highest BCUT2D eigenvalue weighted by Crippen LogP contribution is 2.42. The Kier molecular flexibility index (Phi) is 4.56. The van der Waals surface area contributed by atoms with Crippen LogP contribution in [-0.4, -0.2) is 31.5 Å². The number of benzene rings is 1. The molecule has 1 aromatic carbocycles. The summed E-state index contributed by atoms with van der Waals surface area (Å²) >= 11 is 8.75. The van der Waals surface area contributed by atoms with E-state index >= 15 is 0 Å². The van der Waals surface area contributed by atoms with Gasteiger partial charge in [0.15, 0.2) is 0 Å². The van der Waals surface area contributed by atoms with E-state index in [1.165, 1.54) is 10.4 Å². The second kappa shape index (κ2) is 6.57. The van der Waals surface area contributed by atoms with Crippen LogP contribution in [0.4, 0.5) is 5.00 Å². The Labute approximate surface area is 167 Å². The van der Waals surface area contributed by atoms with E-state index in [9.17, 15) is 4.79 Å². The molecular formula is C17H17Br2N3O2S. The zero-order valence-electron chi connectivity index (χ0n) is 13.8. The summed E-state index contributed by atoms with van der Waals surface area (Å²) in [5.74, 6) is 0.741. The number of methoxy groups -OCH3 is 1. The summed E-state index contributed by atoms with van der Waals surface area (Å²) in [6.45, 7) is 1.90. The van der Waals surface area contributed by atoms with Gasteiger partial charge >= 0.3 is 0 Å². The van der Waals surface area contributed by atoms with E-state index in [0.29, 0.717) is 0 Å². The van der Waals surface area contributed by atoms with Crippen molar-refractivity contribution >= 4 is 54.1 Å². The molecule has 2 N–H and O–H groups in total. The predicted octanol–water partition coefficient (Wildman–Crippen LogP) is 4.12. The van der Waals surface area contributed by atoms with Crippen LogP contribution < -0.4 is 15.4 Å². The minimum atomic E-state index is -0.267. The summed E-state index contributed by atoms with van der Waals surface area (Å²) in [6.07, 6.45) is 0.660. The highest BCUT2D eigenvalue weighted by atomic mass is 79.9. The van der Waals surface area contributed by atoms with Crippen molar-refractivity contribution in [2.45, 2.75) is 19.1 Å². The lowest BCUT2D eigenvalue weighted by atomic mass is 10.0. The van der Waals surface area contributed by atoms with Gasteiger partial charge in [0.1, 0.15) is 16.9 Å². The van der Waals surface area contributed by atoms with Crippen LogP contribution >= 0.6 is 43.2 Å². The Morgan fingerprint density at radius 2 is 2.00 bits per heavy atom. The highest BCUT2D eigenvalue weighted by molar-refractivity contribution is 9.11. The minimum Gasteiger partial charge on any atom is -0.494 e. The fraction of sp³-hybridized carbons (Fsp3) is 0.353. The molecular weight excluding hydrogens is 470 g/mol. The summed E-state index contributed by atoms with van der Waals surface area (Å²) in [5.41, 5.74) is 3.00. The first-order valence-electron chi connectivity index (χ1n) is 7.91. The maximum Gasteiger partial charge on any atom is 0.256 e. The Morgan fingerprint density at radius 1 is 1.28 bits per heavy atom. The summed E-state index contributed by atoms with van der Waals surface area (Å²) in [6, 6.07) is 3.93. The van der Waals surface area contributed by atoms with Gasteiger partial charge in [-0.1, -0.05) is 0 Å².